The molecule has 1 aromatic carbocycles. The summed E-state index contributed by atoms with van der Waals surface area (Å²) in [5.74, 6) is 0.693. The van der Waals surface area contributed by atoms with Crippen molar-refractivity contribution in [2.24, 2.45) is 16.5 Å². The van der Waals surface area contributed by atoms with Gasteiger partial charge in [-0.1, -0.05) is 50.7 Å². The fourth-order valence-electron chi connectivity index (χ4n) is 4.32. The van der Waals surface area contributed by atoms with Crippen LogP contribution >= 0.6 is 0 Å². The predicted molar refractivity (Wildman–Crippen MR) is 131 cm³/mol. The van der Waals surface area contributed by atoms with Gasteiger partial charge >= 0.3 is 0 Å². The van der Waals surface area contributed by atoms with Gasteiger partial charge in [0.1, 0.15) is 5.82 Å². The molecule has 1 aromatic heterocycles. The highest BCUT2D eigenvalue weighted by Gasteiger charge is 2.26. The number of nitrogens with two attached hydrogens (primary N) is 2. The van der Waals surface area contributed by atoms with Crippen molar-refractivity contribution in [3.8, 4) is 0 Å². The Bertz CT molecular complexity index is 955. The minimum Gasteiger partial charge on any atom is -0.370 e. The van der Waals surface area contributed by atoms with Gasteiger partial charge in [-0.05, 0) is 45.2 Å². The number of aliphatic imine (C=N–C) groups is 1. The van der Waals surface area contributed by atoms with Gasteiger partial charge in [0, 0.05) is 11.4 Å². The number of hydrogen-bond acceptors (Lipinski definition) is 5. The van der Waals surface area contributed by atoms with E-state index in [1.54, 1.807) is 0 Å². The maximum absolute atomic E-state index is 12.9. The quantitative estimate of drug-likeness (QED) is 0.268. The first kappa shape index (κ1) is 23.8. The summed E-state index contributed by atoms with van der Waals surface area (Å²) in [5.41, 5.74) is 13.2. The zero-order valence-corrected chi connectivity index (χ0v) is 19.5. The molecule has 1 saturated carbocycles. The first-order valence-corrected chi connectivity index (χ1v) is 11.8. The van der Waals surface area contributed by atoms with E-state index in [1.165, 1.54) is 6.42 Å². The van der Waals surface area contributed by atoms with Crippen LogP contribution in [0, 0.1) is 6.92 Å². The molecule has 6 N–H and O–H groups in total. The first-order valence-electron chi connectivity index (χ1n) is 11.8. The minimum atomic E-state index is -0.246. The lowest BCUT2D eigenvalue weighted by atomic mass is 9.90. The molecule has 0 aliphatic heterocycles. The van der Waals surface area contributed by atoms with Gasteiger partial charge in [0.15, 0.2) is 5.96 Å². The van der Waals surface area contributed by atoms with Gasteiger partial charge in [-0.15, -0.1) is 0 Å². The first-order chi connectivity index (χ1) is 15.4. The second-order valence-electron chi connectivity index (χ2n) is 8.94. The van der Waals surface area contributed by atoms with Crippen LogP contribution in [0.1, 0.15) is 81.4 Å². The number of amides is 1. The van der Waals surface area contributed by atoms with Crippen molar-refractivity contribution in [1.82, 2.24) is 15.3 Å². The third kappa shape index (κ3) is 6.31. The molecule has 0 bridgehead atoms. The second-order valence-corrected chi connectivity index (χ2v) is 8.94. The van der Waals surface area contributed by atoms with Crippen molar-refractivity contribution in [1.29, 1.82) is 0 Å². The Morgan fingerprint density at radius 2 is 2.00 bits per heavy atom. The van der Waals surface area contributed by atoms with E-state index >= 15 is 0 Å². The van der Waals surface area contributed by atoms with E-state index in [0.29, 0.717) is 5.82 Å². The molecular weight excluding hydrogens is 402 g/mol. The molecular formula is C24H37N7O. The highest BCUT2D eigenvalue weighted by Crippen LogP contribution is 2.28. The van der Waals surface area contributed by atoms with Crippen LogP contribution in [0.25, 0.3) is 10.9 Å². The SMILES string of the molecule is CCCCCC(C)NC(=O)c1nc(NC2CCCCC2N=C(N)N)c2cc(C)ccc2n1. The Morgan fingerprint density at radius 1 is 1.22 bits per heavy atom. The fourth-order valence-corrected chi connectivity index (χ4v) is 4.32. The number of anilines is 1. The monoisotopic (exact) mass is 439 g/mol. The number of carbonyl (C=O) groups excluding carboxylic acids is 1. The number of nitrogens with one attached hydrogen (secondary N) is 2. The summed E-state index contributed by atoms with van der Waals surface area (Å²) in [6.45, 7) is 6.23. The fraction of sp³-hybridized carbons (Fsp3) is 0.583. The number of hydrogen-bond donors (Lipinski definition) is 4. The van der Waals surface area contributed by atoms with Crippen LogP contribution in [-0.2, 0) is 0 Å². The highest BCUT2D eigenvalue weighted by atomic mass is 16.2. The number of rotatable bonds is 9. The molecule has 2 aromatic rings. The molecule has 0 saturated heterocycles. The van der Waals surface area contributed by atoms with Crippen molar-refractivity contribution in [2.45, 2.75) is 90.3 Å². The summed E-state index contributed by atoms with van der Waals surface area (Å²) >= 11 is 0. The van der Waals surface area contributed by atoms with Gasteiger partial charge in [-0.2, -0.15) is 0 Å². The molecule has 3 atom stereocenters. The summed E-state index contributed by atoms with van der Waals surface area (Å²) < 4.78 is 0. The summed E-state index contributed by atoms with van der Waals surface area (Å²) in [6, 6.07) is 6.09. The Balaban J connectivity index is 1.88. The van der Waals surface area contributed by atoms with Crippen LogP contribution in [0.2, 0.25) is 0 Å². The molecule has 1 aliphatic carbocycles. The van der Waals surface area contributed by atoms with Crippen molar-refractivity contribution >= 4 is 28.6 Å². The topological polar surface area (TPSA) is 131 Å². The molecule has 174 valence electrons. The molecule has 1 aliphatic rings. The number of guanidine groups is 1. The van der Waals surface area contributed by atoms with Crippen LogP contribution in [0.4, 0.5) is 5.82 Å². The molecule has 1 heterocycles. The van der Waals surface area contributed by atoms with Crippen LogP contribution in [-0.4, -0.2) is 40.0 Å². The standard InChI is InChI=1S/C24H37N7O/c1-4-5-6-9-16(3)27-23(32)22-28-18-13-12-15(2)14-17(18)21(31-22)29-19-10-7-8-11-20(19)30-24(25)26/h12-14,16,19-20H,4-11H2,1-3H3,(H,27,32)(H4,25,26,30)(H,28,29,31). The van der Waals surface area contributed by atoms with Gasteiger partial charge in [0.25, 0.3) is 5.91 Å². The lowest BCUT2D eigenvalue weighted by molar-refractivity contribution is 0.0928. The number of benzene rings is 1. The lowest BCUT2D eigenvalue weighted by Gasteiger charge is -2.30. The van der Waals surface area contributed by atoms with E-state index in [-0.39, 0.29) is 35.8 Å². The number of aryl methyl sites for hydroxylation is 1. The van der Waals surface area contributed by atoms with E-state index in [1.807, 2.05) is 32.0 Å². The van der Waals surface area contributed by atoms with Gasteiger partial charge in [-0.3, -0.25) is 4.79 Å². The summed E-state index contributed by atoms with van der Waals surface area (Å²) in [6.07, 6.45) is 8.40. The van der Waals surface area contributed by atoms with Gasteiger partial charge in [0.2, 0.25) is 5.82 Å². The number of carbonyl (C=O) groups is 1. The van der Waals surface area contributed by atoms with E-state index in [2.05, 4.69) is 32.5 Å². The molecule has 8 heteroatoms. The zero-order valence-electron chi connectivity index (χ0n) is 19.5. The Hall–Kier alpha value is -2.90. The maximum Gasteiger partial charge on any atom is 0.289 e. The van der Waals surface area contributed by atoms with Crippen LogP contribution in [0.15, 0.2) is 23.2 Å². The minimum absolute atomic E-state index is 0.0144. The molecule has 1 amide bonds. The largest absolute Gasteiger partial charge is 0.370 e. The number of fused-ring (bicyclic) bond motifs is 1. The summed E-state index contributed by atoms with van der Waals surface area (Å²) in [4.78, 5) is 26.6. The van der Waals surface area contributed by atoms with Crippen molar-refractivity contribution in [3.63, 3.8) is 0 Å². The molecule has 3 unspecified atom stereocenters. The molecule has 1 fully saturated rings. The second kappa shape index (κ2) is 11.1. The average Bonchev–Trinajstić information content (AvgIpc) is 2.75. The lowest BCUT2D eigenvalue weighted by Crippen LogP contribution is -2.39. The van der Waals surface area contributed by atoms with Gasteiger partial charge < -0.3 is 22.1 Å². The van der Waals surface area contributed by atoms with Gasteiger partial charge in [0.05, 0.1) is 17.6 Å². The van der Waals surface area contributed by atoms with Crippen molar-refractivity contribution in [3.05, 3.63) is 29.6 Å². The molecule has 8 nitrogen and oxygen atoms in total. The summed E-state index contributed by atoms with van der Waals surface area (Å²) in [5, 5.41) is 7.49. The smallest absolute Gasteiger partial charge is 0.289 e. The predicted octanol–water partition coefficient (Wildman–Crippen LogP) is 3.63. The molecule has 0 spiro atoms. The molecule has 3 rings (SSSR count). The number of unbranched alkanes of at least 4 members (excludes halogenated alkanes) is 2. The third-order valence-corrected chi connectivity index (χ3v) is 6.04. The van der Waals surface area contributed by atoms with Crippen molar-refractivity contribution < 1.29 is 4.79 Å². The Kier molecular flexibility index (Phi) is 8.25. The summed E-state index contributed by atoms with van der Waals surface area (Å²) in [7, 11) is 0. The molecule has 0 radical (unpaired) electrons. The third-order valence-electron chi connectivity index (χ3n) is 6.04. The maximum atomic E-state index is 12.9. The number of nitrogens with zero attached hydrogens (tertiary/aromatic N) is 3. The molecule has 32 heavy (non-hydrogen) atoms. The van der Waals surface area contributed by atoms with Crippen molar-refractivity contribution in [2.75, 3.05) is 5.32 Å². The normalized spacial score (nSPS) is 19.3. The Morgan fingerprint density at radius 3 is 2.75 bits per heavy atom. The highest BCUT2D eigenvalue weighted by molar-refractivity contribution is 5.96. The van der Waals surface area contributed by atoms with Crippen LogP contribution in [0.3, 0.4) is 0 Å². The van der Waals surface area contributed by atoms with E-state index < -0.39 is 0 Å². The number of aromatic nitrogens is 2. The van der Waals surface area contributed by atoms with Crippen LogP contribution in [0.5, 0.6) is 0 Å². The van der Waals surface area contributed by atoms with Crippen LogP contribution < -0.4 is 22.1 Å². The van der Waals surface area contributed by atoms with Gasteiger partial charge in [-0.25, -0.2) is 15.0 Å². The zero-order chi connectivity index (χ0) is 23.1. The van der Waals surface area contributed by atoms with E-state index in [0.717, 1.165) is 61.4 Å². The average molecular weight is 440 g/mol. The Labute approximate surface area is 190 Å². The van der Waals surface area contributed by atoms with E-state index in [4.69, 9.17) is 11.5 Å². The van der Waals surface area contributed by atoms with E-state index in [9.17, 15) is 4.79 Å².